The van der Waals surface area contributed by atoms with Gasteiger partial charge in [-0.1, -0.05) is 0 Å². The zero-order valence-electron chi connectivity index (χ0n) is 15.4. The fourth-order valence-corrected chi connectivity index (χ4v) is 3.31. The topological polar surface area (TPSA) is 50.2 Å². The number of rotatable bonds is 4. The van der Waals surface area contributed by atoms with Crippen LogP contribution in [-0.2, 0) is 6.18 Å². The lowest BCUT2D eigenvalue weighted by atomic mass is 10.1. The molecule has 1 fully saturated rings. The van der Waals surface area contributed by atoms with Crippen molar-refractivity contribution in [1.82, 2.24) is 9.78 Å². The Bertz CT molecular complexity index is 790. The van der Waals surface area contributed by atoms with Gasteiger partial charge in [-0.2, -0.15) is 18.3 Å². The average molecular weight is 380 g/mol. The highest BCUT2D eigenvalue weighted by molar-refractivity contribution is 6.05. The maximum Gasteiger partial charge on any atom is 0.433 e. The quantitative estimate of drug-likeness (QED) is 0.835. The minimum absolute atomic E-state index is 0.450. The molecule has 2 aromatic rings. The molecule has 27 heavy (non-hydrogen) atoms. The molecule has 0 radical (unpaired) electrons. The van der Waals surface area contributed by atoms with E-state index in [1.54, 1.807) is 26.0 Å². The number of halogens is 3. The van der Waals surface area contributed by atoms with Crippen LogP contribution in [0.1, 0.15) is 55.2 Å². The summed E-state index contributed by atoms with van der Waals surface area (Å²) in [6.45, 7) is 5.16. The molecule has 3 rings (SSSR count). The van der Waals surface area contributed by atoms with Crippen LogP contribution in [0.3, 0.4) is 0 Å². The van der Waals surface area contributed by atoms with Gasteiger partial charge in [0, 0.05) is 30.5 Å². The van der Waals surface area contributed by atoms with Crippen LogP contribution in [0.25, 0.3) is 0 Å². The van der Waals surface area contributed by atoms with Gasteiger partial charge >= 0.3 is 6.18 Å². The summed E-state index contributed by atoms with van der Waals surface area (Å²) in [7, 11) is 0. The van der Waals surface area contributed by atoms with Crippen molar-refractivity contribution in [2.24, 2.45) is 0 Å². The van der Waals surface area contributed by atoms with Gasteiger partial charge in [0.15, 0.2) is 5.69 Å². The van der Waals surface area contributed by atoms with Gasteiger partial charge in [-0.3, -0.25) is 9.48 Å². The SMILES string of the molecule is CC(C)n1ncc(C(=O)Nc2ccc(N3CCCCC3)cc2)c1C(F)(F)F. The maximum absolute atomic E-state index is 13.4. The first-order chi connectivity index (χ1) is 12.8. The van der Waals surface area contributed by atoms with Crippen LogP contribution in [0.15, 0.2) is 30.5 Å². The number of nitrogens with one attached hydrogen (secondary N) is 1. The minimum Gasteiger partial charge on any atom is -0.372 e. The summed E-state index contributed by atoms with van der Waals surface area (Å²) in [6, 6.07) is 6.67. The van der Waals surface area contributed by atoms with E-state index in [0.717, 1.165) is 42.5 Å². The summed E-state index contributed by atoms with van der Waals surface area (Å²) >= 11 is 0. The van der Waals surface area contributed by atoms with Crippen molar-refractivity contribution in [3.05, 3.63) is 41.7 Å². The Balaban J connectivity index is 1.77. The van der Waals surface area contributed by atoms with Crippen molar-refractivity contribution in [2.45, 2.75) is 45.3 Å². The first-order valence-corrected chi connectivity index (χ1v) is 9.08. The molecule has 0 saturated carbocycles. The molecule has 1 saturated heterocycles. The Morgan fingerprint density at radius 3 is 2.30 bits per heavy atom. The number of amides is 1. The molecule has 1 aliphatic rings. The first kappa shape index (κ1) is 19.3. The van der Waals surface area contributed by atoms with Crippen molar-refractivity contribution in [3.63, 3.8) is 0 Å². The van der Waals surface area contributed by atoms with Gasteiger partial charge in [0.1, 0.15) is 0 Å². The van der Waals surface area contributed by atoms with E-state index in [1.165, 1.54) is 6.42 Å². The molecule has 2 heterocycles. The fourth-order valence-electron chi connectivity index (χ4n) is 3.31. The van der Waals surface area contributed by atoms with Crippen molar-refractivity contribution in [2.75, 3.05) is 23.3 Å². The molecule has 1 N–H and O–H groups in total. The summed E-state index contributed by atoms with van der Waals surface area (Å²) in [5, 5.41) is 6.29. The standard InChI is InChI=1S/C19H23F3N4O/c1-13(2)26-17(19(20,21)22)16(12-23-26)18(27)24-14-6-8-15(9-7-14)25-10-4-3-5-11-25/h6-9,12-13H,3-5,10-11H2,1-2H3,(H,24,27). The van der Waals surface area contributed by atoms with E-state index < -0.39 is 29.4 Å². The number of anilines is 2. The number of carbonyl (C=O) groups excluding carboxylic acids is 1. The van der Waals surface area contributed by atoms with Crippen LogP contribution in [0.5, 0.6) is 0 Å². The molecule has 0 spiro atoms. The molecule has 1 aliphatic heterocycles. The van der Waals surface area contributed by atoms with Crippen LogP contribution < -0.4 is 10.2 Å². The smallest absolute Gasteiger partial charge is 0.372 e. The second-order valence-corrected chi connectivity index (χ2v) is 6.99. The van der Waals surface area contributed by atoms with Gasteiger partial charge in [0.25, 0.3) is 5.91 Å². The van der Waals surface area contributed by atoms with E-state index >= 15 is 0 Å². The van der Waals surface area contributed by atoms with Gasteiger partial charge in [0.05, 0.1) is 11.8 Å². The van der Waals surface area contributed by atoms with Crippen molar-refractivity contribution < 1.29 is 18.0 Å². The Kier molecular flexibility index (Phi) is 5.43. The Hall–Kier alpha value is -2.51. The predicted octanol–water partition coefficient (Wildman–Crippen LogP) is 4.73. The van der Waals surface area contributed by atoms with Crippen LogP contribution in [-0.4, -0.2) is 28.8 Å². The molecule has 8 heteroatoms. The number of carbonyl (C=O) groups is 1. The van der Waals surface area contributed by atoms with Crippen LogP contribution in [0.2, 0.25) is 0 Å². The van der Waals surface area contributed by atoms with E-state index in [9.17, 15) is 18.0 Å². The number of hydrogen-bond acceptors (Lipinski definition) is 3. The molecule has 0 atom stereocenters. The summed E-state index contributed by atoms with van der Waals surface area (Å²) in [5.74, 6) is -0.819. The highest BCUT2D eigenvalue weighted by atomic mass is 19.4. The van der Waals surface area contributed by atoms with Gasteiger partial charge < -0.3 is 10.2 Å². The van der Waals surface area contributed by atoms with Crippen molar-refractivity contribution in [3.8, 4) is 0 Å². The number of piperidine rings is 1. The molecule has 0 bridgehead atoms. The van der Waals surface area contributed by atoms with Gasteiger partial charge in [-0.25, -0.2) is 0 Å². The number of alkyl halides is 3. The summed E-state index contributed by atoms with van der Waals surface area (Å²) in [6.07, 6.45) is -0.154. The zero-order valence-corrected chi connectivity index (χ0v) is 15.4. The van der Waals surface area contributed by atoms with E-state index in [-0.39, 0.29) is 0 Å². The molecule has 0 aliphatic carbocycles. The highest BCUT2D eigenvalue weighted by Crippen LogP contribution is 2.34. The zero-order chi connectivity index (χ0) is 19.6. The van der Waals surface area contributed by atoms with Crippen LogP contribution >= 0.6 is 0 Å². The molecule has 0 unspecified atom stereocenters. The Morgan fingerprint density at radius 2 is 1.74 bits per heavy atom. The second-order valence-electron chi connectivity index (χ2n) is 6.99. The van der Waals surface area contributed by atoms with Crippen molar-refractivity contribution >= 4 is 17.3 Å². The third-order valence-corrected chi connectivity index (χ3v) is 4.64. The highest BCUT2D eigenvalue weighted by Gasteiger charge is 2.40. The van der Waals surface area contributed by atoms with Crippen LogP contribution in [0, 0.1) is 0 Å². The Labute approximate surface area is 156 Å². The number of aromatic nitrogens is 2. The Morgan fingerprint density at radius 1 is 1.11 bits per heavy atom. The summed E-state index contributed by atoms with van der Waals surface area (Å²) < 4.78 is 41.1. The lowest BCUT2D eigenvalue weighted by Gasteiger charge is -2.28. The van der Waals surface area contributed by atoms with Gasteiger partial charge in [0.2, 0.25) is 0 Å². The average Bonchev–Trinajstić information content (AvgIpc) is 3.09. The van der Waals surface area contributed by atoms with Crippen LogP contribution in [0.4, 0.5) is 24.5 Å². The second kappa shape index (κ2) is 7.62. The largest absolute Gasteiger partial charge is 0.433 e. The normalized spacial score (nSPS) is 15.3. The molecule has 5 nitrogen and oxygen atoms in total. The summed E-state index contributed by atoms with van der Waals surface area (Å²) in [4.78, 5) is 14.7. The molecule has 1 amide bonds. The van der Waals surface area contributed by atoms with E-state index in [0.29, 0.717) is 5.69 Å². The molecule has 146 valence electrons. The molecule has 1 aromatic carbocycles. The van der Waals surface area contributed by atoms with E-state index in [1.807, 2.05) is 12.1 Å². The van der Waals surface area contributed by atoms with Gasteiger partial charge in [-0.15, -0.1) is 0 Å². The fraction of sp³-hybridized carbons (Fsp3) is 0.474. The van der Waals surface area contributed by atoms with E-state index in [2.05, 4.69) is 15.3 Å². The maximum atomic E-state index is 13.4. The predicted molar refractivity (Wildman–Crippen MR) is 98.1 cm³/mol. The van der Waals surface area contributed by atoms with Gasteiger partial charge in [-0.05, 0) is 57.4 Å². The minimum atomic E-state index is -4.66. The number of nitrogens with zero attached hydrogens (tertiary/aromatic N) is 3. The van der Waals surface area contributed by atoms with Crippen molar-refractivity contribution in [1.29, 1.82) is 0 Å². The monoisotopic (exact) mass is 380 g/mol. The first-order valence-electron chi connectivity index (χ1n) is 9.08. The molecular weight excluding hydrogens is 357 g/mol. The molecular formula is C19H23F3N4O. The van der Waals surface area contributed by atoms with E-state index in [4.69, 9.17) is 0 Å². The number of hydrogen-bond donors (Lipinski definition) is 1. The number of benzene rings is 1. The lowest BCUT2D eigenvalue weighted by Crippen LogP contribution is -2.29. The summed E-state index contributed by atoms with van der Waals surface area (Å²) in [5.41, 5.74) is -0.00117. The third-order valence-electron chi connectivity index (χ3n) is 4.64. The molecule has 1 aromatic heterocycles. The third kappa shape index (κ3) is 4.26. The lowest BCUT2D eigenvalue weighted by molar-refractivity contribution is -0.145.